The van der Waals surface area contributed by atoms with Crippen LogP contribution in [0.5, 0.6) is 0 Å². The summed E-state index contributed by atoms with van der Waals surface area (Å²) in [5, 5.41) is 8.01. The van der Waals surface area contributed by atoms with E-state index in [0.29, 0.717) is 11.5 Å². The molecule has 0 unspecified atom stereocenters. The average Bonchev–Trinajstić information content (AvgIpc) is 3.18. The van der Waals surface area contributed by atoms with E-state index in [9.17, 15) is 13.6 Å². The molecule has 0 spiro atoms. The van der Waals surface area contributed by atoms with Gasteiger partial charge in [0.1, 0.15) is 11.6 Å². The van der Waals surface area contributed by atoms with Gasteiger partial charge in [-0.25, -0.2) is 13.5 Å². The largest absolute Gasteiger partial charge is 0.342 e. The Hall–Kier alpha value is -3.68. The Morgan fingerprint density at radius 1 is 0.963 bits per heavy atom. The van der Waals surface area contributed by atoms with Crippen LogP contribution in [-0.2, 0) is 6.54 Å². The summed E-state index contributed by atoms with van der Waals surface area (Å²) in [6, 6.07) is 13.1. The normalized spacial score (nSPS) is 10.9. The minimum Gasteiger partial charge on any atom is -0.342 e. The molecule has 4 aromatic rings. The van der Waals surface area contributed by atoms with E-state index in [1.54, 1.807) is 6.07 Å². The van der Waals surface area contributed by atoms with Crippen molar-refractivity contribution in [3.63, 3.8) is 0 Å². The van der Waals surface area contributed by atoms with Crippen LogP contribution in [0.1, 0.15) is 5.56 Å². The summed E-state index contributed by atoms with van der Waals surface area (Å²) < 4.78 is 32.9. The van der Waals surface area contributed by atoms with Crippen molar-refractivity contribution < 1.29 is 13.3 Å². The molecule has 0 radical (unpaired) electrons. The standard InChI is InChI=1S/C19H12F2N4O2/c20-15-7-14(8-16(21)9-15)17-4-5-18(26)25(23-17)10-12-2-1-3-13(6-12)19-22-11-27-24-19/h1-9,11H,10H2. The SMILES string of the molecule is O=c1ccc(-c2cc(F)cc(F)c2)nn1Cc1cccc(-c2ncon2)c1. The van der Waals surface area contributed by atoms with Gasteiger partial charge in [-0.3, -0.25) is 4.79 Å². The third-order valence-corrected chi connectivity index (χ3v) is 3.90. The fourth-order valence-electron chi connectivity index (χ4n) is 2.70. The van der Waals surface area contributed by atoms with Crippen LogP contribution < -0.4 is 5.56 Å². The zero-order chi connectivity index (χ0) is 18.8. The number of rotatable bonds is 4. The molecular formula is C19H12F2N4O2. The van der Waals surface area contributed by atoms with E-state index < -0.39 is 11.6 Å². The monoisotopic (exact) mass is 366 g/mol. The Balaban J connectivity index is 1.69. The number of halogens is 2. The summed E-state index contributed by atoms with van der Waals surface area (Å²) in [5.41, 5.74) is 1.73. The first kappa shape index (κ1) is 16.8. The van der Waals surface area contributed by atoms with Crippen LogP contribution in [0, 0.1) is 11.6 Å². The van der Waals surface area contributed by atoms with Gasteiger partial charge in [-0.15, -0.1) is 0 Å². The fraction of sp³-hybridized carbons (Fsp3) is 0.0526. The molecule has 8 heteroatoms. The number of nitrogens with zero attached hydrogens (tertiary/aromatic N) is 4. The summed E-state index contributed by atoms with van der Waals surface area (Å²) >= 11 is 0. The van der Waals surface area contributed by atoms with E-state index in [-0.39, 0.29) is 17.7 Å². The van der Waals surface area contributed by atoms with Crippen LogP contribution in [0.4, 0.5) is 8.78 Å². The van der Waals surface area contributed by atoms with Crippen LogP contribution in [0.2, 0.25) is 0 Å². The lowest BCUT2D eigenvalue weighted by Gasteiger charge is -2.08. The smallest absolute Gasteiger partial charge is 0.267 e. The van der Waals surface area contributed by atoms with Gasteiger partial charge in [0.25, 0.3) is 5.56 Å². The summed E-state index contributed by atoms with van der Waals surface area (Å²) in [7, 11) is 0. The Morgan fingerprint density at radius 2 is 1.78 bits per heavy atom. The lowest BCUT2D eigenvalue weighted by Crippen LogP contribution is -2.22. The van der Waals surface area contributed by atoms with Gasteiger partial charge in [0.2, 0.25) is 12.2 Å². The Kier molecular flexibility index (Phi) is 4.29. The maximum Gasteiger partial charge on any atom is 0.267 e. The average molecular weight is 366 g/mol. The minimum atomic E-state index is -0.711. The van der Waals surface area contributed by atoms with Crippen molar-refractivity contribution in [1.29, 1.82) is 0 Å². The van der Waals surface area contributed by atoms with E-state index in [0.717, 1.165) is 29.3 Å². The second kappa shape index (κ2) is 6.91. The van der Waals surface area contributed by atoms with Crippen molar-refractivity contribution in [1.82, 2.24) is 19.9 Å². The highest BCUT2D eigenvalue weighted by atomic mass is 19.1. The highest BCUT2D eigenvalue weighted by molar-refractivity contribution is 5.58. The summed E-state index contributed by atoms with van der Waals surface area (Å²) in [6.45, 7) is 0.177. The van der Waals surface area contributed by atoms with Gasteiger partial charge in [-0.2, -0.15) is 10.1 Å². The number of aromatic nitrogens is 4. The van der Waals surface area contributed by atoms with Crippen LogP contribution in [0.15, 0.2) is 70.3 Å². The van der Waals surface area contributed by atoms with Gasteiger partial charge < -0.3 is 4.52 Å². The number of benzene rings is 2. The molecule has 0 fully saturated rings. The molecule has 0 N–H and O–H groups in total. The molecule has 0 saturated carbocycles. The maximum absolute atomic E-state index is 13.5. The maximum atomic E-state index is 13.5. The highest BCUT2D eigenvalue weighted by Crippen LogP contribution is 2.19. The predicted octanol–water partition coefficient (Wildman–Crippen LogP) is 3.29. The van der Waals surface area contributed by atoms with Crippen molar-refractivity contribution in [2.45, 2.75) is 6.54 Å². The van der Waals surface area contributed by atoms with E-state index in [1.165, 1.54) is 23.2 Å². The fourth-order valence-corrected chi connectivity index (χ4v) is 2.70. The molecule has 6 nitrogen and oxygen atoms in total. The predicted molar refractivity (Wildman–Crippen MR) is 92.7 cm³/mol. The molecule has 0 amide bonds. The first-order valence-electron chi connectivity index (χ1n) is 7.99. The topological polar surface area (TPSA) is 73.8 Å². The Labute approximate surface area is 151 Å². The van der Waals surface area contributed by atoms with Crippen molar-refractivity contribution >= 4 is 0 Å². The zero-order valence-electron chi connectivity index (χ0n) is 13.8. The van der Waals surface area contributed by atoms with Crippen LogP contribution in [-0.4, -0.2) is 19.9 Å². The Bertz CT molecular complexity index is 1140. The molecule has 4 rings (SSSR count). The van der Waals surface area contributed by atoms with E-state index in [1.807, 2.05) is 18.2 Å². The van der Waals surface area contributed by atoms with Crippen molar-refractivity contribution in [3.8, 4) is 22.6 Å². The second-order valence-electron chi connectivity index (χ2n) is 5.83. The summed E-state index contributed by atoms with van der Waals surface area (Å²) in [5.74, 6) is -0.990. The Morgan fingerprint density at radius 3 is 2.52 bits per heavy atom. The van der Waals surface area contributed by atoms with Crippen molar-refractivity contribution in [2.75, 3.05) is 0 Å². The quantitative estimate of drug-likeness (QED) is 0.554. The summed E-state index contributed by atoms with van der Waals surface area (Å²) in [6.07, 6.45) is 1.23. The third kappa shape index (κ3) is 3.64. The van der Waals surface area contributed by atoms with Gasteiger partial charge in [0.15, 0.2) is 0 Å². The van der Waals surface area contributed by atoms with Crippen molar-refractivity contribution in [2.24, 2.45) is 0 Å². The van der Waals surface area contributed by atoms with E-state index in [2.05, 4.69) is 15.2 Å². The molecule has 0 aliphatic carbocycles. The second-order valence-corrected chi connectivity index (χ2v) is 5.83. The lowest BCUT2D eigenvalue weighted by atomic mass is 10.1. The van der Waals surface area contributed by atoms with Gasteiger partial charge in [-0.05, 0) is 29.8 Å². The van der Waals surface area contributed by atoms with Gasteiger partial charge in [0, 0.05) is 23.3 Å². The molecule has 27 heavy (non-hydrogen) atoms. The molecule has 2 aromatic heterocycles. The van der Waals surface area contributed by atoms with E-state index in [4.69, 9.17) is 4.52 Å². The summed E-state index contributed by atoms with van der Waals surface area (Å²) in [4.78, 5) is 16.2. The van der Waals surface area contributed by atoms with Gasteiger partial charge in [-0.1, -0.05) is 23.4 Å². The van der Waals surface area contributed by atoms with Crippen LogP contribution in [0.3, 0.4) is 0 Å². The number of hydrogen-bond acceptors (Lipinski definition) is 5. The first-order valence-corrected chi connectivity index (χ1v) is 7.99. The first-order chi connectivity index (χ1) is 13.1. The lowest BCUT2D eigenvalue weighted by molar-refractivity contribution is 0.419. The molecule has 2 aromatic carbocycles. The van der Waals surface area contributed by atoms with Crippen molar-refractivity contribution in [3.05, 3.63) is 88.5 Å². The van der Waals surface area contributed by atoms with Gasteiger partial charge >= 0.3 is 0 Å². The number of hydrogen-bond donors (Lipinski definition) is 0. The molecular weight excluding hydrogens is 354 g/mol. The molecule has 134 valence electrons. The van der Waals surface area contributed by atoms with E-state index >= 15 is 0 Å². The molecule has 0 bridgehead atoms. The minimum absolute atomic E-state index is 0.177. The molecule has 0 aliphatic rings. The third-order valence-electron chi connectivity index (χ3n) is 3.90. The molecule has 2 heterocycles. The van der Waals surface area contributed by atoms with Crippen LogP contribution >= 0.6 is 0 Å². The van der Waals surface area contributed by atoms with Crippen LogP contribution in [0.25, 0.3) is 22.6 Å². The van der Waals surface area contributed by atoms with Gasteiger partial charge in [0.05, 0.1) is 12.2 Å². The molecule has 0 aliphatic heterocycles. The molecule has 0 atom stereocenters. The highest BCUT2D eigenvalue weighted by Gasteiger charge is 2.09. The zero-order valence-corrected chi connectivity index (χ0v) is 13.8. The molecule has 0 saturated heterocycles.